The van der Waals surface area contributed by atoms with Gasteiger partial charge in [0.1, 0.15) is 23.0 Å². The normalized spacial score (nSPS) is 11.8. The number of nitrogens with zero attached hydrogens (tertiary/aromatic N) is 2. The summed E-state index contributed by atoms with van der Waals surface area (Å²) in [5.74, 6) is -0.225. The molecule has 8 bridgehead atoms. The molecule has 5 heterocycles. The number of hydrogen-bond donors (Lipinski definition) is 2. The molecule has 0 saturated heterocycles. The third-order valence-electron chi connectivity index (χ3n) is 12.1. The maximum Gasteiger partial charge on any atom is 0.344 e. The van der Waals surface area contributed by atoms with Crippen LogP contribution in [0.15, 0.2) is 121 Å². The number of carbonyl (C=O) groups is 4. The van der Waals surface area contributed by atoms with Crippen LogP contribution in [0.4, 0.5) is 0 Å². The molecule has 0 spiro atoms. The summed E-state index contributed by atoms with van der Waals surface area (Å²) in [6, 6.07) is 37.6. The molecule has 0 radical (unpaired) electrons. The largest absolute Gasteiger partial charge is 0.482 e. The van der Waals surface area contributed by atoms with Crippen molar-refractivity contribution in [2.75, 3.05) is 26.4 Å². The number of rotatable bonds is 20. The number of H-pyrrole nitrogens is 2. The first-order valence-electron chi connectivity index (χ1n) is 26.4. The second-order valence-corrected chi connectivity index (χ2v) is 19.9. The third kappa shape index (κ3) is 13.8. The van der Waals surface area contributed by atoms with Gasteiger partial charge >= 0.3 is 23.9 Å². The van der Waals surface area contributed by atoms with Gasteiger partial charge in [0.15, 0.2) is 26.4 Å². The highest BCUT2D eigenvalue weighted by Crippen LogP contribution is 2.40. The molecule has 16 heteroatoms. The van der Waals surface area contributed by atoms with E-state index in [4.69, 9.17) is 47.9 Å². The van der Waals surface area contributed by atoms with E-state index in [0.29, 0.717) is 90.1 Å². The molecule has 2 aliphatic heterocycles. The van der Waals surface area contributed by atoms with E-state index in [1.807, 2.05) is 121 Å². The second kappa shape index (κ2) is 24.9. The SMILES string of the molecule is CC(C)OC(=O)COc1cccc(-c2c3nc(c(-c4cccc(OCC(=O)OC(C)C)c4)c4ccc([nH]4)c(-c4cccc(OCC(=O)OC(C)C)c4)c4nc(c(-c5cccc(OCC(=O)OC(C)C)c5)c5ccc2[nH]5)C=C4)C=C3)c1. The zero-order valence-corrected chi connectivity index (χ0v) is 45.8. The van der Waals surface area contributed by atoms with Gasteiger partial charge in [0.25, 0.3) is 0 Å². The van der Waals surface area contributed by atoms with E-state index >= 15 is 0 Å². The number of benzene rings is 4. The summed E-state index contributed by atoms with van der Waals surface area (Å²) in [5.41, 5.74) is 10.9. The van der Waals surface area contributed by atoms with E-state index in [1.165, 1.54) is 0 Å². The minimum atomic E-state index is -0.495. The van der Waals surface area contributed by atoms with E-state index < -0.39 is 23.9 Å². The number of aromatic amines is 2. The first kappa shape index (κ1) is 55.3. The highest BCUT2D eigenvalue weighted by molar-refractivity contribution is 6.00. The molecule has 0 unspecified atom stereocenters. The van der Waals surface area contributed by atoms with Crippen molar-refractivity contribution in [2.24, 2.45) is 0 Å². The number of aromatic nitrogens is 4. The standard InChI is InChI=1S/C64H62N4O12/c1-37(2)77-57(69)33-73-45-17-9-13-41(29-45)61-49-21-23-51(65-49)62(42-14-10-18-46(30-42)74-34-58(70)78-38(3)4)53-25-27-55(67-53)64(44-16-12-20-48(32-44)76-36-60(72)80-40(7)8)56-28-26-54(68-56)63(52-24-22-50(61)66-52)43-15-11-19-47(31-43)75-35-59(71)79-39(5)6/h9-32,37-40,65,68H,33-36H2,1-8H3. The summed E-state index contributed by atoms with van der Waals surface area (Å²) < 4.78 is 45.5. The van der Waals surface area contributed by atoms with Crippen LogP contribution in [0.2, 0.25) is 0 Å². The maximum absolute atomic E-state index is 12.6. The quantitative estimate of drug-likeness (QED) is 0.0539. The van der Waals surface area contributed by atoms with Crippen LogP contribution in [0.25, 0.3) is 90.9 Å². The lowest BCUT2D eigenvalue weighted by Gasteiger charge is -2.12. The molecule has 0 fully saturated rings. The van der Waals surface area contributed by atoms with E-state index in [2.05, 4.69) is 9.97 Å². The van der Waals surface area contributed by atoms with Crippen molar-refractivity contribution in [3.05, 3.63) is 144 Å². The molecule has 4 aromatic carbocycles. The minimum Gasteiger partial charge on any atom is -0.482 e. The van der Waals surface area contributed by atoms with Crippen molar-refractivity contribution >= 4 is 70.2 Å². The Balaban J connectivity index is 1.31. The van der Waals surface area contributed by atoms with Crippen molar-refractivity contribution in [2.45, 2.75) is 79.8 Å². The monoisotopic (exact) mass is 1080 g/mol. The van der Waals surface area contributed by atoms with E-state index in [1.54, 1.807) is 79.7 Å². The van der Waals surface area contributed by atoms with Crippen LogP contribution >= 0.6 is 0 Å². The summed E-state index contributed by atoms with van der Waals surface area (Å²) in [5, 5.41) is 0. The number of nitrogens with one attached hydrogen (secondary N) is 2. The number of fused-ring (bicyclic) bond motifs is 8. The molecule has 2 aliphatic rings. The van der Waals surface area contributed by atoms with Crippen LogP contribution in [0.5, 0.6) is 23.0 Å². The number of hydrogen-bond acceptors (Lipinski definition) is 14. The van der Waals surface area contributed by atoms with Crippen LogP contribution < -0.4 is 18.9 Å². The molecule has 410 valence electrons. The third-order valence-corrected chi connectivity index (χ3v) is 12.1. The van der Waals surface area contributed by atoms with E-state index in [-0.39, 0.29) is 50.8 Å². The van der Waals surface area contributed by atoms with Crippen molar-refractivity contribution < 1.29 is 57.1 Å². The van der Waals surface area contributed by atoms with Crippen molar-refractivity contribution in [1.82, 2.24) is 19.9 Å². The lowest BCUT2D eigenvalue weighted by molar-refractivity contribution is -0.150. The molecule has 0 saturated carbocycles. The smallest absolute Gasteiger partial charge is 0.344 e. The van der Waals surface area contributed by atoms with Gasteiger partial charge in [0.05, 0.1) is 47.2 Å². The zero-order valence-electron chi connectivity index (χ0n) is 45.8. The van der Waals surface area contributed by atoms with Crippen LogP contribution in [0.3, 0.4) is 0 Å². The van der Waals surface area contributed by atoms with Crippen molar-refractivity contribution in [3.8, 4) is 67.5 Å². The van der Waals surface area contributed by atoms with Gasteiger partial charge in [-0.25, -0.2) is 29.1 Å². The Kier molecular flexibility index (Phi) is 17.2. The van der Waals surface area contributed by atoms with Crippen molar-refractivity contribution in [3.63, 3.8) is 0 Å². The van der Waals surface area contributed by atoms with Gasteiger partial charge in [0.2, 0.25) is 0 Å². The summed E-state index contributed by atoms with van der Waals surface area (Å²) in [7, 11) is 0. The molecule has 0 atom stereocenters. The predicted octanol–water partition coefficient (Wildman–Crippen LogP) is 12.6. The number of esters is 4. The van der Waals surface area contributed by atoms with Crippen LogP contribution in [0.1, 0.15) is 78.2 Å². The molecule has 2 N–H and O–H groups in total. The van der Waals surface area contributed by atoms with Gasteiger partial charge in [0, 0.05) is 44.3 Å². The molecule has 7 aromatic rings. The summed E-state index contributed by atoms with van der Waals surface area (Å²) >= 11 is 0. The van der Waals surface area contributed by atoms with Crippen LogP contribution in [-0.2, 0) is 38.1 Å². The number of carbonyl (C=O) groups excluding carboxylic acids is 4. The molecular weight excluding hydrogens is 1020 g/mol. The Labute approximate surface area is 463 Å². The molecule has 9 rings (SSSR count). The first-order valence-corrected chi connectivity index (χ1v) is 26.4. The predicted molar refractivity (Wildman–Crippen MR) is 307 cm³/mol. The fourth-order valence-corrected chi connectivity index (χ4v) is 9.14. The molecule has 3 aromatic heterocycles. The molecule has 0 aliphatic carbocycles. The fraction of sp³-hybridized carbons (Fsp3) is 0.250. The van der Waals surface area contributed by atoms with Crippen molar-refractivity contribution in [1.29, 1.82) is 0 Å². The van der Waals surface area contributed by atoms with Gasteiger partial charge in [-0.3, -0.25) is 0 Å². The molecule has 16 nitrogen and oxygen atoms in total. The maximum atomic E-state index is 12.6. The van der Waals surface area contributed by atoms with Gasteiger partial charge in [-0.2, -0.15) is 0 Å². The lowest BCUT2D eigenvalue weighted by Crippen LogP contribution is -2.18. The highest BCUT2D eigenvalue weighted by atomic mass is 16.6. The minimum absolute atomic E-state index is 0.289. The summed E-state index contributed by atoms with van der Waals surface area (Å²) in [6.45, 7) is 13.1. The van der Waals surface area contributed by atoms with Gasteiger partial charge < -0.3 is 47.9 Å². The summed E-state index contributed by atoms with van der Waals surface area (Å²) in [4.78, 5) is 68.9. The first-order chi connectivity index (χ1) is 38.5. The topological polar surface area (TPSA) is 199 Å². The Bertz CT molecular complexity index is 3230. The lowest BCUT2D eigenvalue weighted by atomic mass is 10.0. The fourth-order valence-electron chi connectivity index (χ4n) is 9.14. The van der Waals surface area contributed by atoms with Crippen LogP contribution in [0, 0.1) is 0 Å². The van der Waals surface area contributed by atoms with Gasteiger partial charge in [-0.1, -0.05) is 48.5 Å². The Morgan fingerprint density at radius 2 is 0.575 bits per heavy atom. The second-order valence-electron chi connectivity index (χ2n) is 19.9. The Hall–Kier alpha value is -9.44. The molecule has 80 heavy (non-hydrogen) atoms. The highest BCUT2D eigenvalue weighted by Gasteiger charge is 2.21. The zero-order chi connectivity index (χ0) is 56.5. The van der Waals surface area contributed by atoms with Gasteiger partial charge in [-0.15, -0.1) is 0 Å². The average molecular weight is 1080 g/mol. The summed E-state index contributed by atoms with van der Waals surface area (Å²) in [6.07, 6.45) is 6.57. The van der Waals surface area contributed by atoms with E-state index in [0.717, 1.165) is 22.3 Å². The van der Waals surface area contributed by atoms with Gasteiger partial charge in [-0.05, 0) is 175 Å². The van der Waals surface area contributed by atoms with E-state index in [9.17, 15) is 19.2 Å². The average Bonchev–Trinajstić information content (AvgIpc) is 4.30. The molecule has 0 amide bonds. The van der Waals surface area contributed by atoms with Crippen LogP contribution in [-0.4, -0.2) is 94.7 Å². The number of ether oxygens (including phenoxy) is 8. The molecular formula is C64H62N4O12. The Morgan fingerprint density at radius 1 is 0.350 bits per heavy atom. The Morgan fingerprint density at radius 3 is 0.787 bits per heavy atom.